The van der Waals surface area contributed by atoms with E-state index in [9.17, 15) is 4.79 Å². The molecular weight excluding hydrogens is 404 g/mol. The van der Waals surface area contributed by atoms with Gasteiger partial charge < -0.3 is 19.9 Å². The number of hydrogen-bond acceptors (Lipinski definition) is 7. The Kier molecular flexibility index (Phi) is 6.49. The summed E-state index contributed by atoms with van der Waals surface area (Å²) >= 11 is 0. The number of rotatable bonds is 6. The number of piperazine rings is 1. The number of carbonyl (C=O) groups is 1. The molecule has 1 aliphatic heterocycles. The average Bonchev–Trinajstić information content (AvgIpc) is 2.84. The smallest absolute Gasteiger partial charge is 0.261 e. The van der Waals surface area contributed by atoms with E-state index in [0.717, 1.165) is 43.4 Å². The number of hydrogen-bond donors (Lipinski definition) is 1. The quantitative estimate of drug-likeness (QED) is 0.637. The Balaban J connectivity index is 1.57. The molecule has 0 aliphatic carbocycles. The van der Waals surface area contributed by atoms with E-state index >= 15 is 0 Å². The van der Waals surface area contributed by atoms with Crippen molar-refractivity contribution >= 4 is 23.1 Å². The monoisotopic (exact) mass is 432 g/mol. The van der Waals surface area contributed by atoms with Crippen molar-refractivity contribution < 1.29 is 9.53 Å². The SMILES string of the molecule is COc1ncccc1C(=O)Nc1ccc(C(C)C)cc1N1CCN(c2cnccn2)CC1. The fourth-order valence-corrected chi connectivity index (χ4v) is 3.82. The zero-order valence-electron chi connectivity index (χ0n) is 18.7. The number of anilines is 3. The standard InChI is InChI=1S/C24H28N6O2/c1-17(2)18-6-7-20(28-23(31)19-5-4-8-27-24(19)32-3)21(15-18)29-11-13-30(14-12-29)22-16-25-9-10-26-22/h4-10,15-17H,11-14H2,1-3H3,(H,28,31). The van der Waals surface area contributed by atoms with Gasteiger partial charge in [-0.25, -0.2) is 9.97 Å². The number of pyridine rings is 1. The van der Waals surface area contributed by atoms with Crippen molar-refractivity contribution in [3.8, 4) is 5.88 Å². The Morgan fingerprint density at radius 2 is 1.81 bits per heavy atom. The first-order valence-electron chi connectivity index (χ1n) is 10.8. The van der Waals surface area contributed by atoms with E-state index < -0.39 is 0 Å². The molecule has 0 saturated carbocycles. The molecule has 3 aromatic rings. The highest BCUT2D eigenvalue weighted by Crippen LogP contribution is 2.32. The van der Waals surface area contributed by atoms with Gasteiger partial charge in [-0.2, -0.15) is 0 Å². The molecule has 1 fully saturated rings. The minimum absolute atomic E-state index is 0.244. The summed E-state index contributed by atoms with van der Waals surface area (Å²) < 4.78 is 5.26. The number of benzene rings is 1. The Morgan fingerprint density at radius 3 is 2.50 bits per heavy atom. The van der Waals surface area contributed by atoms with Crippen LogP contribution in [-0.2, 0) is 0 Å². The van der Waals surface area contributed by atoms with Crippen molar-refractivity contribution in [3.05, 3.63) is 66.2 Å². The highest BCUT2D eigenvalue weighted by atomic mass is 16.5. The molecule has 0 atom stereocenters. The lowest BCUT2D eigenvalue weighted by Crippen LogP contribution is -2.47. The summed E-state index contributed by atoms with van der Waals surface area (Å²) in [4.78, 5) is 30.3. The van der Waals surface area contributed by atoms with Crippen molar-refractivity contribution in [2.24, 2.45) is 0 Å². The fourth-order valence-electron chi connectivity index (χ4n) is 3.82. The second-order valence-electron chi connectivity index (χ2n) is 7.98. The molecule has 2 aromatic heterocycles. The molecule has 166 valence electrons. The van der Waals surface area contributed by atoms with Gasteiger partial charge in [-0.15, -0.1) is 0 Å². The normalized spacial score (nSPS) is 13.9. The number of aromatic nitrogens is 3. The Bertz CT molecular complexity index is 1070. The number of nitrogens with one attached hydrogen (secondary N) is 1. The summed E-state index contributed by atoms with van der Waals surface area (Å²) in [5, 5.41) is 3.07. The number of ether oxygens (including phenoxy) is 1. The van der Waals surface area contributed by atoms with Crippen LogP contribution in [0.2, 0.25) is 0 Å². The first-order chi connectivity index (χ1) is 15.6. The minimum atomic E-state index is -0.244. The summed E-state index contributed by atoms with van der Waals surface area (Å²) in [6.45, 7) is 7.63. The zero-order chi connectivity index (χ0) is 22.5. The summed E-state index contributed by atoms with van der Waals surface area (Å²) in [5.74, 6) is 1.34. The van der Waals surface area contributed by atoms with E-state index in [1.54, 1.807) is 36.9 Å². The third-order valence-electron chi connectivity index (χ3n) is 5.64. The molecule has 1 saturated heterocycles. The maximum atomic E-state index is 13.0. The van der Waals surface area contributed by atoms with Crippen LogP contribution in [-0.4, -0.2) is 54.1 Å². The van der Waals surface area contributed by atoms with Gasteiger partial charge in [0.05, 0.1) is 24.7 Å². The third kappa shape index (κ3) is 4.64. The van der Waals surface area contributed by atoms with E-state index in [4.69, 9.17) is 4.74 Å². The number of methoxy groups -OCH3 is 1. The molecule has 1 N–H and O–H groups in total. The molecule has 0 unspecified atom stereocenters. The topological polar surface area (TPSA) is 83.5 Å². The van der Waals surface area contributed by atoms with Crippen LogP contribution in [0.3, 0.4) is 0 Å². The first-order valence-corrected chi connectivity index (χ1v) is 10.8. The van der Waals surface area contributed by atoms with Gasteiger partial charge in [-0.1, -0.05) is 19.9 Å². The zero-order valence-corrected chi connectivity index (χ0v) is 18.7. The van der Waals surface area contributed by atoms with Gasteiger partial charge in [0.25, 0.3) is 5.91 Å². The van der Waals surface area contributed by atoms with Crippen LogP contribution in [0.4, 0.5) is 17.2 Å². The van der Waals surface area contributed by atoms with Crippen molar-refractivity contribution in [1.82, 2.24) is 15.0 Å². The maximum absolute atomic E-state index is 13.0. The maximum Gasteiger partial charge on any atom is 0.261 e. The Hall–Kier alpha value is -3.68. The number of nitrogens with zero attached hydrogens (tertiary/aromatic N) is 5. The second kappa shape index (κ2) is 9.64. The van der Waals surface area contributed by atoms with Gasteiger partial charge >= 0.3 is 0 Å². The van der Waals surface area contributed by atoms with E-state index in [2.05, 4.69) is 56.0 Å². The van der Waals surface area contributed by atoms with Crippen LogP contribution in [0.1, 0.15) is 35.7 Å². The van der Waals surface area contributed by atoms with Crippen LogP contribution in [0.15, 0.2) is 55.1 Å². The number of amides is 1. The van der Waals surface area contributed by atoms with Gasteiger partial charge in [0, 0.05) is 44.8 Å². The van der Waals surface area contributed by atoms with Gasteiger partial charge in [-0.05, 0) is 35.7 Å². The summed E-state index contributed by atoms with van der Waals surface area (Å²) in [6, 6.07) is 9.67. The molecule has 8 nitrogen and oxygen atoms in total. The summed E-state index contributed by atoms with van der Waals surface area (Å²) in [5.41, 5.74) is 3.43. The highest BCUT2D eigenvalue weighted by Gasteiger charge is 2.22. The molecule has 1 amide bonds. The first kappa shape index (κ1) is 21.5. The van der Waals surface area contributed by atoms with Gasteiger partial charge in [0.1, 0.15) is 11.4 Å². The molecule has 3 heterocycles. The molecule has 1 aromatic carbocycles. The summed E-state index contributed by atoms with van der Waals surface area (Å²) in [7, 11) is 1.51. The molecule has 0 radical (unpaired) electrons. The van der Waals surface area contributed by atoms with Gasteiger partial charge in [-0.3, -0.25) is 9.78 Å². The Morgan fingerprint density at radius 1 is 1.03 bits per heavy atom. The summed E-state index contributed by atoms with van der Waals surface area (Å²) in [6.07, 6.45) is 6.80. The van der Waals surface area contributed by atoms with Crippen molar-refractivity contribution in [3.63, 3.8) is 0 Å². The molecule has 4 rings (SSSR count). The van der Waals surface area contributed by atoms with E-state index in [1.807, 2.05) is 6.07 Å². The molecule has 0 bridgehead atoms. The van der Waals surface area contributed by atoms with Gasteiger partial charge in [0.15, 0.2) is 0 Å². The van der Waals surface area contributed by atoms with Crippen LogP contribution in [0.25, 0.3) is 0 Å². The minimum Gasteiger partial charge on any atom is -0.480 e. The van der Waals surface area contributed by atoms with Crippen LogP contribution in [0, 0.1) is 0 Å². The van der Waals surface area contributed by atoms with Crippen LogP contribution >= 0.6 is 0 Å². The predicted octanol–water partition coefficient (Wildman–Crippen LogP) is 3.58. The van der Waals surface area contributed by atoms with Gasteiger partial charge in [0.2, 0.25) is 5.88 Å². The van der Waals surface area contributed by atoms with Crippen molar-refractivity contribution in [1.29, 1.82) is 0 Å². The average molecular weight is 433 g/mol. The third-order valence-corrected chi connectivity index (χ3v) is 5.64. The molecule has 8 heteroatoms. The molecule has 0 spiro atoms. The lowest BCUT2D eigenvalue weighted by atomic mass is 10.0. The van der Waals surface area contributed by atoms with Crippen LogP contribution < -0.4 is 19.9 Å². The fraction of sp³-hybridized carbons (Fsp3) is 0.333. The van der Waals surface area contributed by atoms with E-state index in [1.165, 1.54) is 12.7 Å². The number of carbonyl (C=O) groups excluding carboxylic acids is 1. The van der Waals surface area contributed by atoms with Crippen molar-refractivity contribution in [2.75, 3.05) is 48.4 Å². The molecule has 1 aliphatic rings. The second-order valence-corrected chi connectivity index (χ2v) is 7.98. The largest absolute Gasteiger partial charge is 0.480 e. The molecular formula is C24H28N6O2. The van der Waals surface area contributed by atoms with E-state index in [0.29, 0.717) is 17.4 Å². The van der Waals surface area contributed by atoms with E-state index in [-0.39, 0.29) is 5.91 Å². The Labute approximate surface area is 188 Å². The lowest BCUT2D eigenvalue weighted by molar-refractivity contribution is 0.102. The highest BCUT2D eigenvalue weighted by molar-refractivity contribution is 6.07. The van der Waals surface area contributed by atoms with Crippen LogP contribution in [0.5, 0.6) is 5.88 Å². The lowest BCUT2D eigenvalue weighted by Gasteiger charge is -2.37. The van der Waals surface area contributed by atoms with Crippen molar-refractivity contribution in [2.45, 2.75) is 19.8 Å². The predicted molar refractivity (Wildman–Crippen MR) is 126 cm³/mol. The molecule has 32 heavy (non-hydrogen) atoms.